The van der Waals surface area contributed by atoms with Gasteiger partial charge in [-0.25, -0.2) is 5.43 Å². The zero-order valence-electron chi connectivity index (χ0n) is 11.5. The van der Waals surface area contributed by atoms with Crippen LogP contribution < -0.4 is 5.43 Å². The van der Waals surface area contributed by atoms with Crippen molar-refractivity contribution in [1.29, 1.82) is 0 Å². The number of hydrogen-bond donors (Lipinski definition) is 2. The highest BCUT2D eigenvalue weighted by molar-refractivity contribution is 6.28. The van der Waals surface area contributed by atoms with Gasteiger partial charge in [0.15, 0.2) is 0 Å². The highest BCUT2D eigenvalue weighted by Crippen LogP contribution is 2.35. The van der Waals surface area contributed by atoms with E-state index in [0.717, 1.165) is 35.2 Å². The Morgan fingerprint density at radius 2 is 2.14 bits per heavy atom. The summed E-state index contributed by atoms with van der Waals surface area (Å²) >= 11 is 0. The average Bonchev–Trinajstić information content (AvgIpc) is 3.15. The molecule has 2 aromatic rings. The van der Waals surface area contributed by atoms with Gasteiger partial charge in [0.1, 0.15) is 0 Å². The molecule has 0 atom stereocenters. The van der Waals surface area contributed by atoms with Crippen LogP contribution in [0.2, 0.25) is 0 Å². The lowest BCUT2D eigenvalue weighted by Crippen LogP contribution is -2.13. The third-order valence-electron chi connectivity index (χ3n) is 3.90. The Labute approximate surface area is 124 Å². The number of nitro groups is 1. The molecule has 2 N–H and O–H groups in total. The molecular formula is C15H12N4O3. The maximum Gasteiger partial charge on any atom is 0.273 e. The fourth-order valence-corrected chi connectivity index (χ4v) is 2.64. The molecule has 1 amide bonds. The molecule has 0 spiro atoms. The summed E-state index contributed by atoms with van der Waals surface area (Å²) in [5.74, 6) is 0.169. The van der Waals surface area contributed by atoms with Crippen molar-refractivity contribution in [2.24, 2.45) is 11.0 Å². The van der Waals surface area contributed by atoms with Crippen LogP contribution in [0.1, 0.15) is 18.5 Å². The molecule has 1 fully saturated rings. The zero-order chi connectivity index (χ0) is 15.3. The van der Waals surface area contributed by atoms with Crippen molar-refractivity contribution in [2.75, 3.05) is 0 Å². The van der Waals surface area contributed by atoms with E-state index >= 15 is 0 Å². The second kappa shape index (κ2) is 4.52. The Hall–Kier alpha value is -2.96. The van der Waals surface area contributed by atoms with Crippen molar-refractivity contribution in [3.63, 3.8) is 0 Å². The normalized spacial score (nSPS) is 19.5. The monoisotopic (exact) mass is 296 g/mol. The molecule has 1 aliphatic carbocycles. The molecule has 0 bridgehead atoms. The standard InChI is InChI=1S/C15H12N4O3/c20-15-12(14(17-18-15)8-1-2-8)7-10-5-9-6-11(19(21)22)3-4-13(9)16-10/h3-8,16H,1-2H2,(H,18,20)/b12-7-. The number of rotatable bonds is 3. The van der Waals surface area contributed by atoms with E-state index in [0.29, 0.717) is 11.5 Å². The molecule has 1 saturated carbocycles. The van der Waals surface area contributed by atoms with Crippen LogP contribution in [0, 0.1) is 16.0 Å². The fraction of sp³-hybridized carbons (Fsp3) is 0.200. The summed E-state index contributed by atoms with van der Waals surface area (Å²) in [6.07, 6.45) is 3.87. The van der Waals surface area contributed by atoms with Gasteiger partial charge in [-0.05, 0) is 31.1 Å². The topological polar surface area (TPSA) is 100 Å². The van der Waals surface area contributed by atoms with Crippen LogP contribution in [0.4, 0.5) is 5.69 Å². The van der Waals surface area contributed by atoms with Gasteiger partial charge in [0.25, 0.3) is 11.6 Å². The smallest absolute Gasteiger partial charge is 0.273 e. The van der Waals surface area contributed by atoms with E-state index in [4.69, 9.17) is 0 Å². The first-order chi connectivity index (χ1) is 10.6. The van der Waals surface area contributed by atoms with Gasteiger partial charge in [0.05, 0.1) is 16.2 Å². The fourth-order valence-electron chi connectivity index (χ4n) is 2.64. The number of carbonyl (C=O) groups is 1. The van der Waals surface area contributed by atoms with Gasteiger partial charge in [-0.1, -0.05) is 0 Å². The quantitative estimate of drug-likeness (QED) is 0.516. The molecule has 1 aliphatic heterocycles. The maximum atomic E-state index is 11.9. The van der Waals surface area contributed by atoms with Crippen molar-refractivity contribution in [3.8, 4) is 0 Å². The molecule has 7 nitrogen and oxygen atoms in total. The van der Waals surface area contributed by atoms with E-state index in [9.17, 15) is 14.9 Å². The van der Waals surface area contributed by atoms with Crippen LogP contribution in [-0.2, 0) is 4.79 Å². The average molecular weight is 296 g/mol. The second-order valence-corrected chi connectivity index (χ2v) is 5.52. The Morgan fingerprint density at radius 3 is 2.86 bits per heavy atom. The summed E-state index contributed by atoms with van der Waals surface area (Å²) in [6, 6.07) is 6.43. The summed E-state index contributed by atoms with van der Waals surface area (Å²) in [6.45, 7) is 0. The summed E-state index contributed by atoms with van der Waals surface area (Å²) in [4.78, 5) is 25.4. The van der Waals surface area contributed by atoms with Crippen molar-refractivity contribution in [3.05, 3.63) is 45.6 Å². The first-order valence-corrected chi connectivity index (χ1v) is 6.99. The summed E-state index contributed by atoms with van der Waals surface area (Å²) in [5.41, 5.74) is 5.45. The number of H-pyrrole nitrogens is 1. The van der Waals surface area contributed by atoms with Gasteiger partial charge >= 0.3 is 0 Å². The number of aromatic nitrogens is 1. The Morgan fingerprint density at radius 1 is 1.32 bits per heavy atom. The molecule has 4 rings (SSSR count). The first kappa shape index (κ1) is 12.8. The summed E-state index contributed by atoms with van der Waals surface area (Å²) < 4.78 is 0. The van der Waals surface area contributed by atoms with Crippen molar-refractivity contribution in [2.45, 2.75) is 12.8 Å². The van der Waals surface area contributed by atoms with E-state index in [2.05, 4.69) is 15.5 Å². The largest absolute Gasteiger partial charge is 0.355 e. The number of benzene rings is 1. The minimum Gasteiger partial charge on any atom is -0.355 e. The van der Waals surface area contributed by atoms with E-state index in [1.165, 1.54) is 12.1 Å². The highest BCUT2D eigenvalue weighted by atomic mass is 16.6. The predicted molar refractivity (Wildman–Crippen MR) is 81.2 cm³/mol. The lowest BCUT2D eigenvalue weighted by atomic mass is 10.1. The number of hydrogen-bond acceptors (Lipinski definition) is 4. The Bertz CT molecular complexity index is 874. The molecule has 22 heavy (non-hydrogen) atoms. The molecule has 0 unspecified atom stereocenters. The molecular weight excluding hydrogens is 284 g/mol. The van der Waals surface area contributed by atoms with Gasteiger partial charge < -0.3 is 4.98 Å². The van der Waals surface area contributed by atoms with E-state index in [-0.39, 0.29) is 11.6 Å². The minimum absolute atomic E-state index is 0.0459. The summed E-state index contributed by atoms with van der Waals surface area (Å²) in [7, 11) is 0. The number of fused-ring (bicyclic) bond motifs is 1. The van der Waals surface area contributed by atoms with Gasteiger partial charge in [0, 0.05) is 34.6 Å². The Kier molecular flexibility index (Phi) is 2.62. The number of amides is 1. The maximum absolute atomic E-state index is 11.9. The molecule has 0 radical (unpaired) electrons. The molecule has 110 valence electrons. The van der Waals surface area contributed by atoms with E-state index in [1.807, 2.05) is 0 Å². The lowest BCUT2D eigenvalue weighted by Gasteiger charge is -1.97. The predicted octanol–water partition coefficient (Wildman–Crippen LogP) is 2.36. The van der Waals surface area contributed by atoms with Gasteiger partial charge in [0.2, 0.25) is 0 Å². The van der Waals surface area contributed by atoms with Crippen LogP contribution in [0.5, 0.6) is 0 Å². The van der Waals surface area contributed by atoms with Crippen LogP contribution in [0.3, 0.4) is 0 Å². The molecule has 2 heterocycles. The van der Waals surface area contributed by atoms with Crippen molar-refractivity contribution >= 4 is 34.3 Å². The second-order valence-electron chi connectivity index (χ2n) is 5.52. The molecule has 0 saturated heterocycles. The minimum atomic E-state index is -0.424. The van der Waals surface area contributed by atoms with Crippen LogP contribution in [0.25, 0.3) is 17.0 Å². The van der Waals surface area contributed by atoms with Crippen LogP contribution in [-0.4, -0.2) is 21.5 Å². The van der Waals surface area contributed by atoms with Crippen molar-refractivity contribution in [1.82, 2.24) is 10.4 Å². The number of aromatic amines is 1. The molecule has 7 heteroatoms. The van der Waals surface area contributed by atoms with E-state index < -0.39 is 4.92 Å². The Balaban J connectivity index is 1.74. The van der Waals surface area contributed by atoms with Gasteiger partial charge in [-0.15, -0.1) is 0 Å². The molecule has 2 aliphatic rings. The number of nitrogens with one attached hydrogen (secondary N) is 2. The third-order valence-corrected chi connectivity index (χ3v) is 3.90. The third kappa shape index (κ3) is 2.07. The van der Waals surface area contributed by atoms with E-state index in [1.54, 1.807) is 18.2 Å². The number of nitro benzene ring substituents is 1. The van der Waals surface area contributed by atoms with Crippen LogP contribution in [0.15, 0.2) is 34.9 Å². The summed E-state index contributed by atoms with van der Waals surface area (Å²) in [5, 5.41) is 15.6. The SMILES string of the molecule is O=C1NN=C(C2CC2)/C1=C/c1cc2cc([N+](=O)[O-])ccc2[nH]1. The van der Waals surface area contributed by atoms with Gasteiger partial charge in [-0.3, -0.25) is 14.9 Å². The zero-order valence-corrected chi connectivity index (χ0v) is 11.5. The number of nitrogens with zero attached hydrogens (tertiary/aromatic N) is 2. The van der Waals surface area contributed by atoms with Crippen molar-refractivity contribution < 1.29 is 9.72 Å². The highest BCUT2D eigenvalue weighted by Gasteiger charge is 2.35. The number of non-ortho nitro benzene ring substituents is 1. The number of carbonyl (C=O) groups excluding carboxylic acids is 1. The molecule has 1 aromatic carbocycles. The lowest BCUT2D eigenvalue weighted by molar-refractivity contribution is -0.384. The van der Waals surface area contributed by atoms with Crippen LogP contribution >= 0.6 is 0 Å². The number of hydrazone groups is 1. The first-order valence-electron chi connectivity index (χ1n) is 6.99. The molecule has 1 aromatic heterocycles. The van der Waals surface area contributed by atoms with Gasteiger partial charge in [-0.2, -0.15) is 5.10 Å².